The van der Waals surface area contributed by atoms with Gasteiger partial charge in [0.2, 0.25) is 0 Å². The molecule has 0 aromatic heterocycles. The molecule has 0 spiro atoms. The van der Waals surface area contributed by atoms with Crippen molar-refractivity contribution in [3.63, 3.8) is 0 Å². The Balaban J connectivity index is 2.81. The third kappa shape index (κ3) is 4.51. The van der Waals surface area contributed by atoms with Gasteiger partial charge in [-0.05, 0) is 24.3 Å². The molecule has 2 N–H and O–H groups in total. The normalized spacial score (nSPS) is 13.9. The van der Waals surface area contributed by atoms with Crippen LogP contribution in [0.25, 0.3) is 0 Å². The maximum Gasteiger partial charge on any atom is 0.329 e. The minimum absolute atomic E-state index is 0.504. The number of rotatable bonds is 10. The number of aliphatic carboxylic acids is 1. The lowest BCUT2D eigenvalue weighted by atomic mass is 9.92. The largest absolute Gasteiger partial charge is 0.480 e. The Hall–Kier alpha value is -1.04. The van der Waals surface area contributed by atoms with Crippen molar-refractivity contribution in [2.45, 2.75) is 18.9 Å². The summed E-state index contributed by atoms with van der Waals surface area (Å²) < 4.78 is 5.01. The number of methoxy groups -OCH3 is 1. The Morgan fingerprint density at radius 2 is 2.10 bits per heavy atom. The Bertz CT molecular complexity index is 399. The molecule has 0 bridgehead atoms. The summed E-state index contributed by atoms with van der Waals surface area (Å²) in [7, 11) is 1.68. The number of likely N-dealkylation sites (N-methyl/N-ethyl adjacent to an activating group) is 1. The molecule has 0 amide bonds. The van der Waals surface area contributed by atoms with E-state index in [2.05, 4.69) is 5.32 Å². The minimum atomic E-state index is -1.02. The molecule has 1 unspecified atom stereocenters. The first kappa shape index (κ1) is 17.0. The van der Waals surface area contributed by atoms with Gasteiger partial charge < -0.3 is 9.84 Å². The van der Waals surface area contributed by atoms with Crippen LogP contribution in [-0.4, -0.2) is 42.8 Å². The van der Waals surface area contributed by atoms with Gasteiger partial charge >= 0.3 is 5.97 Å². The molecule has 1 rings (SSSR count). The van der Waals surface area contributed by atoms with Crippen LogP contribution >= 0.6 is 11.8 Å². The Morgan fingerprint density at radius 1 is 1.40 bits per heavy atom. The predicted octanol–water partition coefficient (Wildman–Crippen LogP) is 2.35. The summed E-state index contributed by atoms with van der Waals surface area (Å²) in [5.41, 5.74) is -0.220. The fraction of sp³-hybridized carbons (Fsp3) is 0.533. The van der Waals surface area contributed by atoms with Crippen LogP contribution in [0.5, 0.6) is 0 Å². The number of benzene rings is 1. The zero-order valence-electron chi connectivity index (χ0n) is 12.1. The summed E-state index contributed by atoms with van der Waals surface area (Å²) in [5, 5.41) is 12.9. The van der Waals surface area contributed by atoms with Crippen molar-refractivity contribution in [2.75, 3.05) is 31.8 Å². The summed E-state index contributed by atoms with van der Waals surface area (Å²) in [5.74, 6) is 0.565. The van der Waals surface area contributed by atoms with E-state index in [1.807, 2.05) is 37.3 Å². The number of hydrogen-bond donors (Lipinski definition) is 2. The van der Waals surface area contributed by atoms with Gasteiger partial charge in [-0.2, -0.15) is 11.8 Å². The van der Waals surface area contributed by atoms with E-state index in [4.69, 9.17) is 4.74 Å². The summed E-state index contributed by atoms with van der Waals surface area (Å²) in [6.45, 7) is 3.25. The summed E-state index contributed by atoms with van der Waals surface area (Å²) in [4.78, 5) is 11.8. The first-order valence-corrected chi connectivity index (χ1v) is 7.93. The molecule has 20 heavy (non-hydrogen) atoms. The highest BCUT2D eigenvalue weighted by atomic mass is 32.2. The number of hydrogen-bond acceptors (Lipinski definition) is 4. The van der Waals surface area contributed by atoms with Gasteiger partial charge in [0.15, 0.2) is 5.54 Å². The topological polar surface area (TPSA) is 58.6 Å². The van der Waals surface area contributed by atoms with E-state index in [0.29, 0.717) is 18.9 Å². The summed E-state index contributed by atoms with van der Waals surface area (Å²) in [6.07, 6.45) is 0.928. The van der Waals surface area contributed by atoms with Crippen LogP contribution in [0.4, 0.5) is 0 Å². The molecule has 0 aliphatic heterocycles. The highest BCUT2D eigenvalue weighted by molar-refractivity contribution is 7.99. The van der Waals surface area contributed by atoms with Gasteiger partial charge in [-0.15, -0.1) is 0 Å². The third-order valence-electron chi connectivity index (χ3n) is 3.07. The van der Waals surface area contributed by atoms with Crippen LogP contribution in [0.3, 0.4) is 0 Å². The summed E-state index contributed by atoms with van der Waals surface area (Å²) >= 11 is 1.64. The molecular formula is C15H23NO3S. The average Bonchev–Trinajstić information content (AvgIpc) is 2.46. The monoisotopic (exact) mass is 297 g/mol. The van der Waals surface area contributed by atoms with E-state index in [0.717, 1.165) is 17.7 Å². The standard InChI is InChI=1S/C15H23NO3S/c1-3-16-15(14(17)18,12-20-11-7-10-19-2)13-8-5-4-6-9-13/h4-6,8-9,16H,3,7,10-12H2,1-2H3,(H,17,18). The van der Waals surface area contributed by atoms with Gasteiger partial charge in [0, 0.05) is 19.5 Å². The highest BCUT2D eigenvalue weighted by Gasteiger charge is 2.39. The molecule has 0 aliphatic rings. The quantitative estimate of drug-likeness (QED) is 0.649. The predicted molar refractivity (Wildman–Crippen MR) is 83.3 cm³/mol. The first-order chi connectivity index (χ1) is 9.67. The Kier molecular flexibility index (Phi) is 7.65. The van der Waals surface area contributed by atoms with E-state index in [-0.39, 0.29) is 0 Å². The Labute approximate surface area is 124 Å². The number of nitrogens with one attached hydrogen (secondary N) is 1. The highest BCUT2D eigenvalue weighted by Crippen LogP contribution is 2.26. The molecular weight excluding hydrogens is 274 g/mol. The number of carboxylic acids is 1. The van der Waals surface area contributed by atoms with E-state index in [1.165, 1.54) is 0 Å². The van der Waals surface area contributed by atoms with Gasteiger partial charge in [0.1, 0.15) is 0 Å². The van der Waals surface area contributed by atoms with Crippen molar-refractivity contribution >= 4 is 17.7 Å². The molecule has 112 valence electrons. The molecule has 0 saturated heterocycles. The fourth-order valence-corrected chi connectivity index (χ4v) is 3.22. The van der Waals surface area contributed by atoms with Crippen molar-refractivity contribution in [1.29, 1.82) is 0 Å². The second kappa shape index (κ2) is 9.00. The van der Waals surface area contributed by atoms with Crippen LogP contribution < -0.4 is 5.32 Å². The van der Waals surface area contributed by atoms with Gasteiger partial charge in [-0.3, -0.25) is 5.32 Å². The Morgan fingerprint density at radius 3 is 2.65 bits per heavy atom. The lowest BCUT2D eigenvalue weighted by Crippen LogP contribution is -2.51. The molecule has 1 aromatic carbocycles. The number of carbonyl (C=O) groups is 1. The van der Waals surface area contributed by atoms with E-state index < -0.39 is 11.5 Å². The second-order valence-electron chi connectivity index (χ2n) is 4.51. The van der Waals surface area contributed by atoms with Crippen molar-refractivity contribution in [2.24, 2.45) is 0 Å². The van der Waals surface area contributed by atoms with Gasteiger partial charge in [0.25, 0.3) is 0 Å². The van der Waals surface area contributed by atoms with Crippen molar-refractivity contribution in [3.8, 4) is 0 Å². The number of thioether (sulfide) groups is 1. The molecule has 0 heterocycles. The molecule has 0 radical (unpaired) electrons. The second-order valence-corrected chi connectivity index (χ2v) is 5.61. The van der Waals surface area contributed by atoms with E-state index in [1.54, 1.807) is 18.9 Å². The third-order valence-corrected chi connectivity index (χ3v) is 4.28. The molecule has 0 fully saturated rings. The van der Waals surface area contributed by atoms with Crippen molar-refractivity contribution < 1.29 is 14.6 Å². The van der Waals surface area contributed by atoms with Crippen LogP contribution in [0.1, 0.15) is 18.9 Å². The smallest absolute Gasteiger partial charge is 0.329 e. The number of carboxylic acid groups (broad SMARTS) is 1. The zero-order valence-corrected chi connectivity index (χ0v) is 12.9. The molecule has 4 nitrogen and oxygen atoms in total. The van der Waals surface area contributed by atoms with E-state index in [9.17, 15) is 9.90 Å². The van der Waals surface area contributed by atoms with Gasteiger partial charge in [-0.25, -0.2) is 4.79 Å². The first-order valence-electron chi connectivity index (χ1n) is 6.78. The molecule has 0 saturated carbocycles. The summed E-state index contributed by atoms with van der Waals surface area (Å²) in [6, 6.07) is 9.38. The number of ether oxygens (including phenoxy) is 1. The van der Waals surface area contributed by atoms with Crippen LogP contribution in [0.15, 0.2) is 30.3 Å². The van der Waals surface area contributed by atoms with E-state index >= 15 is 0 Å². The van der Waals surface area contributed by atoms with Crippen LogP contribution in [0, 0.1) is 0 Å². The maximum absolute atomic E-state index is 11.8. The zero-order chi connectivity index (χ0) is 14.8. The molecule has 1 atom stereocenters. The molecule has 5 heteroatoms. The molecule has 1 aromatic rings. The minimum Gasteiger partial charge on any atom is -0.480 e. The van der Waals surface area contributed by atoms with Gasteiger partial charge in [-0.1, -0.05) is 37.3 Å². The van der Waals surface area contributed by atoms with Gasteiger partial charge in [0.05, 0.1) is 0 Å². The van der Waals surface area contributed by atoms with Crippen molar-refractivity contribution in [1.82, 2.24) is 5.32 Å². The average molecular weight is 297 g/mol. The van der Waals surface area contributed by atoms with Crippen molar-refractivity contribution in [3.05, 3.63) is 35.9 Å². The lowest BCUT2D eigenvalue weighted by Gasteiger charge is -2.30. The maximum atomic E-state index is 11.8. The van der Waals surface area contributed by atoms with Crippen LogP contribution in [-0.2, 0) is 15.1 Å². The lowest BCUT2D eigenvalue weighted by molar-refractivity contribution is -0.144. The fourth-order valence-electron chi connectivity index (χ4n) is 2.05. The SMILES string of the molecule is CCNC(CSCCCOC)(C(=O)O)c1ccccc1. The van der Waals surface area contributed by atoms with Crippen LogP contribution in [0.2, 0.25) is 0 Å². The molecule has 0 aliphatic carbocycles.